The Bertz CT molecular complexity index is 711. The smallest absolute Gasteiger partial charge is 0.246 e. The Balaban J connectivity index is 1.41. The van der Waals surface area contributed by atoms with Crippen molar-refractivity contribution >= 4 is 17.7 Å². The number of rotatable bonds is 7. The molecule has 0 bridgehead atoms. The molecule has 1 atom stereocenters. The molecule has 2 aromatic carbocycles. The van der Waals surface area contributed by atoms with Gasteiger partial charge in [0.05, 0.1) is 12.6 Å². The zero-order valence-corrected chi connectivity index (χ0v) is 14.6. The molecule has 25 heavy (non-hydrogen) atoms. The van der Waals surface area contributed by atoms with E-state index < -0.39 is 0 Å². The average molecular weight is 361 g/mol. The molecule has 2 aromatic rings. The van der Waals surface area contributed by atoms with Crippen molar-refractivity contribution in [3.8, 4) is 5.75 Å². The predicted octanol–water partition coefficient (Wildman–Crippen LogP) is 3.57. The molecule has 4 nitrogen and oxygen atoms in total. The van der Waals surface area contributed by atoms with Crippen molar-refractivity contribution in [3.63, 3.8) is 0 Å². The van der Waals surface area contributed by atoms with E-state index >= 15 is 0 Å². The fourth-order valence-electron chi connectivity index (χ4n) is 2.65. The summed E-state index contributed by atoms with van der Waals surface area (Å²) in [6, 6.07) is 14.0. The summed E-state index contributed by atoms with van der Waals surface area (Å²) in [7, 11) is 0. The third-order valence-electron chi connectivity index (χ3n) is 3.82. The van der Waals surface area contributed by atoms with E-state index in [1.807, 2.05) is 30.3 Å². The van der Waals surface area contributed by atoms with Gasteiger partial charge >= 0.3 is 0 Å². The highest BCUT2D eigenvalue weighted by Crippen LogP contribution is 2.36. The zero-order chi connectivity index (χ0) is 17.5. The molecule has 0 saturated heterocycles. The molecule has 1 amide bonds. The standard InChI is InChI=1S/C19H20FNO3S/c20-14-6-7-18-16(12-14)17(8-11-25-18)21-19(22)13-23-9-10-24-15-4-2-1-3-5-15/h1-7,12,17H,8-11,13H2,(H,21,22). The molecule has 3 rings (SSSR count). The highest BCUT2D eigenvalue weighted by molar-refractivity contribution is 7.99. The Morgan fingerprint density at radius 3 is 2.88 bits per heavy atom. The summed E-state index contributed by atoms with van der Waals surface area (Å²) in [5.74, 6) is 1.19. The van der Waals surface area contributed by atoms with E-state index in [2.05, 4.69) is 5.32 Å². The maximum Gasteiger partial charge on any atom is 0.246 e. The Morgan fingerprint density at radius 2 is 2.04 bits per heavy atom. The monoisotopic (exact) mass is 361 g/mol. The van der Waals surface area contributed by atoms with Crippen LogP contribution in [0, 0.1) is 5.82 Å². The largest absolute Gasteiger partial charge is 0.491 e. The van der Waals surface area contributed by atoms with Gasteiger partial charge in [-0.05, 0) is 42.3 Å². The Hall–Kier alpha value is -2.05. The number of benzene rings is 2. The molecule has 1 aliphatic rings. The maximum absolute atomic E-state index is 13.5. The van der Waals surface area contributed by atoms with E-state index in [1.54, 1.807) is 17.8 Å². The van der Waals surface area contributed by atoms with Gasteiger partial charge in [-0.2, -0.15) is 0 Å². The molecule has 6 heteroatoms. The summed E-state index contributed by atoms with van der Waals surface area (Å²) in [6.07, 6.45) is 0.782. The minimum absolute atomic E-state index is 0.0353. The number of hydrogen-bond acceptors (Lipinski definition) is 4. The van der Waals surface area contributed by atoms with Gasteiger partial charge in [-0.3, -0.25) is 4.79 Å². The molecule has 0 aliphatic carbocycles. The lowest BCUT2D eigenvalue weighted by atomic mass is 10.0. The van der Waals surface area contributed by atoms with Gasteiger partial charge in [0.15, 0.2) is 0 Å². The zero-order valence-electron chi connectivity index (χ0n) is 13.7. The lowest BCUT2D eigenvalue weighted by molar-refractivity contribution is -0.126. The van der Waals surface area contributed by atoms with Crippen molar-refractivity contribution in [1.82, 2.24) is 5.32 Å². The molecular weight excluding hydrogens is 341 g/mol. The van der Waals surface area contributed by atoms with Gasteiger partial charge in [0, 0.05) is 10.6 Å². The maximum atomic E-state index is 13.5. The first-order valence-electron chi connectivity index (χ1n) is 8.19. The second kappa shape index (κ2) is 8.87. The van der Waals surface area contributed by atoms with Crippen molar-refractivity contribution in [3.05, 3.63) is 59.9 Å². The van der Waals surface area contributed by atoms with E-state index in [0.717, 1.165) is 28.4 Å². The Morgan fingerprint density at radius 1 is 1.20 bits per heavy atom. The fourth-order valence-corrected chi connectivity index (χ4v) is 3.76. The van der Waals surface area contributed by atoms with Crippen LogP contribution in [0.2, 0.25) is 0 Å². The van der Waals surface area contributed by atoms with Gasteiger partial charge in [0.2, 0.25) is 5.91 Å². The van der Waals surface area contributed by atoms with Gasteiger partial charge in [0.25, 0.3) is 0 Å². The summed E-state index contributed by atoms with van der Waals surface area (Å²) in [4.78, 5) is 13.1. The van der Waals surface area contributed by atoms with Crippen LogP contribution < -0.4 is 10.1 Å². The van der Waals surface area contributed by atoms with E-state index in [1.165, 1.54) is 12.1 Å². The Labute approximate surface area is 150 Å². The van der Waals surface area contributed by atoms with Crippen LogP contribution in [-0.2, 0) is 9.53 Å². The highest BCUT2D eigenvalue weighted by Gasteiger charge is 2.22. The van der Waals surface area contributed by atoms with Crippen LogP contribution in [0.15, 0.2) is 53.4 Å². The minimum Gasteiger partial charge on any atom is -0.491 e. The second-order valence-corrected chi connectivity index (χ2v) is 6.79. The van der Waals surface area contributed by atoms with Gasteiger partial charge in [0.1, 0.15) is 24.8 Å². The molecule has 0 radical (unpaired) electrons. The average Bonchev–Trinajstić information content (AvgIpc) is 2.63. The SMILES string of the molecule is O=C(COCCOc1ccccc1)NC1CCSc2ccc(F)cc21. The van der Waals surface area contributed by atoms with Crippen LogP contribution in [0.1, 0.15) is 18.0 Å². The van der Waals surface area contributed by atoms with Crippen molar-refractivity contribution in [1.29, 1.82) is 0 Å². The molecule has 1 unspecified atom stereocenters. The predicted molar refractivity (Wildman–Crippen MR) is 95.4 cm³/mol. The molecule has 1 heterocycles. The van der Waals surface area contributed by atoms with E-state index in [-0.39, 0.29) is 24.4 Å². The number of para-hydroxylation sites is 1. The molecule has 0 aromatic heterocycles. The number of fused-ring (bicyclic) bond motifs is 1. The number of hydrogen-bond donors (Lipinski definition) is 1. The molecule has 1 N–H and O–H groups in total. The number of carbonyl (C=O) groups is 1. The molecule has 0 saturated carbocycles. The molecule has 0 fully saturated rings. The van der Waals surface area contributed by atoms with E-state index in [4.69, 9.17) is 9.47 Å². The number of nitrogens with one attached hydrogen (secondary N) is 1. The first-order chi connectivity index (χ1) is 12.2. The number of ether oxygens (including phenoxy) is 2. The highest BCUT2D eigenvalue weighted by atomic mass is 32.2. The van der Waals surface area contributed by atoms with Gasteiger partial charge in [-0.25, -0.2) is 4.39 Å². The van der Waals surface area contributed by atoms with Gasteiger partial charge < -0.3 is 14.8 Å². The van der Waals surface area contributed by atoms with Crippen LogP contribution in [0.25, 0.3) is 0 Å². The van der Waals surface area contributed by atoms with E-state index in [9.17, 15) is 9.18 Å². The summed E-state index contributed by atoms with van der Waals surface area (Å²) < 4.78 is 24.3. The molecule has 132 valence electrons. The lowest BCUT2D eigenvalue weighted by Crippen LogP contribution is -2.33. The number of carbonyl (C=O) groups excluding carboxylic acids is 1. The van der Waals surface area contributed by atoms with Gasteiger partial charge in [-0.1, -0.05) is 18.2 Å². The normalized spacial score (nSPS) is 16.1. The van der Waals surface area contributed by atoms with Crippen LogP contribution in [0.4, 0.5) is 4.39 Å². The second-order valence-electron chi connectivity index (χ2n) is 5.65. The topological polar surface area (TPSA) is 47.6 Å². The summed E-state index contributed by atoms with van der Waals surface area (Å²) >= 11 is 1.68. The van der Waals surface area contributed by atoms with Gasteiger partial charge in [-0.15, -0.1) is 11.8 Å². The number of amides is 1. The summed E-state index contributed by atoms with van der Waals surface area (Å²) in [5, 5.41) is 2.93. The van der Waals surface area contributed by atoms with Crippen molar-refractivity contribution < 1.29 is 18.7 Å². The number of halogens is 1. The van der Waals surface area contributed by atoms with E-state index in [0.29, 0.717) is 13.2 Å². The first-order valence-corrected chi connectivity index (χ1v) is 9.18. The molecule has 0 spiro atoms. The van der Waals surface area contributed by atoms with Crippen molar-refractivity contribution in [2.75, 3.05) is 25.6 Å². The third-order valence-corrected chi connectivity index (χ3v) is 4.94. The fraction of sp³-hybridized carbons (Fsp3) is 0.316. The quantitative estimate of drug-likeness (QED) is 0.766. The minimum atomic E-state index is -0.283. The van der Waals surface area contributed by atoms with Crippen molar-refractivity contribution in [2.45, 2.75) is 17.4 Å². The molecule has 1 aliphatic heterocycles. The van der Waals surface area contributed by atoms with Crippen LogP contribution in [-0.4, -0.2) is 31.5 Å². The third kappa shape index (κ3) is 5.21. The van der Waals surface area contributed by atoms with Crippen LogP contribution >= 0.6 is 11.8 Å². The Kier molecular flexibility index (Phi) is 6.30. The summed E-state index contributed by atoms with van der Waals surface area (Å²) in [5.41, 5.74) is 0.844. The molecular formula is C19H20FNO3S. The number of thioether (sulfide) groups is 1. The van der Waals surface area contributed by atoms with Crippen LogP contribution in [0.3, 0.4) is 0 Å². The first kappa shape index (κ1) is 17.8. The van der Waals surface area contributed by atoms with Crippen LogP contribution in [0.5, 0.6) is 5.75 Å². The summed E-state index contributed by atoms with van der Waals surface area (Å²) in [6.45, 7) is 0.673. The lowest BCUT2D eigenvalue weighted by Gasteiger charge is -2.26. The van der Waals surface area contributed by atoms with Crippen molar-refractivity contribution in [2.24, 2.45) is 0 Å².